The minimum Gasteiger partial charge on any atom is -0.507 e. The lowest BCUT2D eigenvalue weighted by atomic mass is 9.92. The van der Waals surface area contributed by atoms with Crippen molar-refractivity contribution in [3.63, 3.8) is 0 Å². The Hall–Kier alpha value is -3.40. The summed E-state index contributed by atoms with van der Waals surface area (Å²) in [6.07, 6.45) is 1.79. The zero-order valence-electron chi connectivity index (χ0n) is 15.3. The van der Waals surface area contributed by atoms with E-state index in [1.165, 1.54) is 0 Å². The van der Waals surface area contributed by atoms with Crippen molar-refractivity contribution >= 4 is 21.5 Å². The van der Waals surface area contributed by atoms with Crippen LogP contribution < -0.4 is 9.47 Å². The lowest BCUT2D eigenvalue weighted by molar-refractivity contribution is 0.267. The summed E-state index contributed by atoms with van der Waals surface area (Å²) in [4.78, 5) is 0. The number of ether oxygens (including phenoxy) is 2. The van der Waals surface area contributed by atoms with E-state index in [1.807, 2.05) is 48.5 Å². The fraction of sp³-hybridized carbons (Fsp3) is 0.167. The molecule has 2 N–H and O–H groups in total. The van der Waals surface area contributed by atoms with Crippen LogP contribution in [0.15, 0.2) is 60.7 Å². The molecule has 4 bridgehead atoms. The smallest absolute Gasteiger partial charge is 0.124 e. The zero-order chi connectivity index (χ0) is 19.1. The maximum absolute atomic E-state index is 10.8. The van der Waals surface area contributed by atoms with Gasteiger partial charge in [-0.15, -0.1) is 0 Å². The van der Waals surface area contributed by atoms with Gasteiger partial charge in [0.05, 0.1) is 13.2 Å². The fourth-order valence-corrected chi connectivity index (χ4v) is 3.86. The summed E-state index contributed by atoms with van der Waals surface area (Å²) in [7, 11) is 0. The van der Waals surface area contributed by atoms with E-state index in [2.05, 4.69) is 0 Å². The predicted octanol–water partition coefficient (Wildman–Crippen LogP) is 5.62. The number of phenols is 2. The normalized spacial score (nSPS) is 14.0. The van der Waals surface area contributed by atoms with Crippen LogP contribution in [0.25, 0.3) is 32.7 Å². The monoisotopic (exact) mass is 372 g/mol. The number of aromatic hydroxyl groups is 2. The second-order valence-corrected chi connectivity index (χ2v) is 7.09. The van der Waals surface area contributed by atoms with Gasteiger partial charge in [-0.1, -0.05) is 24.3 Å². The molecule has 140 valence electrons. The third-order valence-corrected chi connectivity index (χ3v) is 5.27. The standard InChI is InChI=1S/C24H20O4/c25-21-9-5-15-3-7-17-13-19(15)23(21)24-20-14-18(28-12-2-1-11-27-17)8-4-16(20)6-10-22(24)26/h3-10,13-14,25-26H,1-2,11-12H2. The molecule has 0 fully saturated rings. The van der Waals surface area contributed by atoms with Gasteiger partial charge in [0.2, 0.25) is 0 Å². The molecule has 0 spiro atoms. The van der Waals surface area contributed by atoms with Crippen molar-refractivity contribution in [1.82, 2.24) is 0 Å². The SMILES string of the molecule is Oc1ccc2ccc3cc2c1-c1c(O)ccc2ccc(cc12)OCCCCO3. The summed E-state index contributed by atoms with van der Waals surface area (Å²) in [5.74, 6) is 1.73. The van der Waals surface area contributed by atoms with Crippen LogP contribution in [0.4, 0.5) is 0 Å². The molecule has 1 heterocycles. The Morgan fingerprint density at radius 3 is 1.46 bits per heavy atom. The van der Waals surface area contributed by atoms with Crippen molar-refractivity contribution in [3.8, 4) is 34.1 Å². The molecule has 0 saturated heterocycles. The summed E-state index contributed by atoms with van der Waals surface area (Å²) in [6, 6.07) is 18.8. The highest BCUT2D eigenvalue weighted by Crippen LogP contribution is 2.45. The molecule has 4 nitrogen and oxygen atoms in total. The van der Waals surface area contributed by atoms with Crippen LogP contribution in [-0.2, 0) is 0 Å². The molecular formula is C24H20O4. The van der Waals surface area contributed by atoms with Crippen LogP contribution in [0.3, 0.4) is 0 Å². The van der Waals surface area contributed by atoms with E-state index in [-0.39, 0.29) is 11.5 Å². The summed E-state index contributed by atoms with van der Waals surface area (Å²) < 4.78 is 11.8. The van der Waals surface area contributed by atoms with E-state index in [0.29, 0.717) is 24.3 Å². The van der Waals surface area contributed by atoms with Crippen LogP contribution in [0.5, 0.6) is 23.0 Å². The van der Waals surface area contributed by atoms with Crippen LogP contribution in [0.2, 0.25) is 0 Å². The number of hydrogen-bond acceptors (Lipinski definition) is 4. The van der Waals surface area contributed by atoms with Gasteiger partial charge in [-0.25, -0.2) is 0 Å². The number of benzene rings is 4. The Morgan fingerprint density at radius 1 is 0.571 bits per heavy atom. The number of phenolic OH excluding ortho intramolecular Hbond substituents is 2. The van der Waals surface area contributed by atoms with Crippen molar-refractivity contribution in [2.45, 2.75) is 12.8 Å². The summed E-state index contributed by atoms with van der Waals surface area (Å²) in [5.41, 5.74) is 1.19. The van der Waals surface area contributed by atoms with Gasteiger partial charge < -0.3 is 19.7 Å². The van der Waals surface area contributed by atoms with Crippen LogP contribution in [0, 0.1) is 0 Å². The second kappa shape index (κ2) is 6.64. The van der Waals surface area contributed by atoms with Gasteiger partial charge in [-0.3, -0.25) is 0 Å². The van der Waals surface area contributed by atoms with Crippen LogP contribution >= 0.6 is 0 Å². The Bertz CT molecular complexity index is 1100. The van der Waals surface area contributed by atoms with Gasteiger partial charge in [0.15, 0.2) is 0 Å². The minimum atomic E-state index is 0.117. The van der Waals surface area contributed by atoms with Gasteiger partial charge in [0.1, 0.15) is 23.0 Å². The lowest BCUT2D eigenvalue weighted by Gasteiger charge is -2.17. The molecule has 0 atom stereocenters. The van der Waals surface area contributed by atoms with Gasteiger partial charge in [0.25, 0.3) is 0 Å². The number of hydrogen-bond donors (Lipinski definition) is 2. The highest BCUT2D eigenvalue weighted by Gasteiger charge is 2.18. The second-order valence-electron chi connectivity index (χ2n) is 7.09. The van der Waals surface area contributed by atoms with Gasteiger partial charge in [0, 0.05) is 11.1 Å². The molecule has 4 heteroatoms. The molecule has 28 heavy (non-hydrogen) atoms. The van der Waals surface area contributed by atoms with Crippen molar-refractivity contribution in [1.29, 1.82) is 0 Å². The Kier molecular flexibility index (Phi) is 3.97. The minimum absolute atomic E-state index is 0.117. The average molecular weight is 372 g/mol. The molecule has 5 rings (SSSR count). The molecule has 0 radical (unpaired) electrons. The molecule has 0 unspecified atom stereocenters. The van der Waals surface area contributed by atoms with E-state index in [1.54, 1.807) is 12.1 Å². The molecule has 0 aliphatic carbocycles. The van der Waals surface area contributed by atoms with Crippen LogP contribution in [-0.4, -0.2) is 23.4 Å². The molecule has 1 aliphatic rings. The molecule has 4 aromatic rings. The van der Waals surface area contributed by atoms with E-state index >= 15 is 0 Å². The Balaban J connectivity index is 1.90. The Labute approximate surface area is 162 Å². The van der Waals surface area contributed by atoms with Crippen LogP contribution in [0.1, 0.15) is 12.8 Å². The fourth-order valence-electron chi connectivity index (χ4n) is 3.86. The first kappa shape index (κ1) is 16.8. The number of fused-ring (bicyclic) bond motifs is 3. The molecule has 0 amide bonds. The summed E-state index contributed by atoms with van der Waals surface area (Å²) in [5, 5.41) is 25.1. The summed E-state index contributed by atoms with van der Waals surface area (Å²) in [6.45, 7) is 1.20. The van der Waals surface area contributed by atoms with E-state index < -0.39 is 0 Å². The average Bonchev–Trinajstić information content (AvgIpc) is 2.71. The lowest BCUT2D eigenvalue weighted by Crippen LogP contribution is -2.03. The van der Waals surface area contributed by atoms with Gasteiger partial charge >= 0.3 is 0 Å². The molecule has 0 saturated carbocycles. The highest BCUT2D eigenvalue weighted by atomic mass is 16.5. The molecular weight excluding hydrogens is 352 g/mol. The predicted molar refractivity (Wildman–Crippen MR) is 110 cm³/mol. The maximum Gasteiger partial charge on any atom is 0.124 e. The van der Waals surface area contributed by atoms with Crippen molar-refractivity contribution < 1.29 is 19.7 Å². The van der Waals surface area contributed by atoms with Gasteiger partial charge in [-0.05, 0) is 70.8 Å². The van der Waals surface area contributed by atoms with Crippen molar-refractivity contribution in [2.75, 3.05) is 13.2 Å². The van der Waals surface area contributed by atoms with Crippen molar-refractivity contribution in [3.05, 3.63) is 60.7 Å². The largest absolute Gasteiger partial charge is 0.507 e. The molecule has 4 aromatic carbocycles. The first-order valence-electron chi connectivity index (χ1n) is 9.48. The third-order valence-electron chi connectivity index (χ3n) is 5.27. The quantitative estimate of drug-likeness (QED) is 0.420. The zero-order valence-corrected chi connectivity index (χ0v) is 15.3. The topological polar surface area (TPSA) is 58.9 Å². The third kappa shape index (κ3) is 2.78. The first-order valence-corrected chi connectivity index (χ1v) is 9.48. The number of rotatable bonds is 0. The highest BCUT2D eigenvalue weighted by molar-refractivity contribution is 6.10. The first-order chi connectivity index (χ1) is 13.7. The summed E-state index contributed by atoms with van der Waals surface area (Å²) >= 11 is 0. The molecule has 1 aliphatic heterocycles. The van der Waals surface area contributed by atoms with Crippen molar-refractivity contribution in [2.24, 2.45) is 0 Å². The van der Waals surface area contributed by atoms with E-state index in [9.17, 15) is 10.2 Å². The molecule has 0 aromatic heterocycles. The van der Waals surface area contributed by atoms with E-state index in [4.69, 9.17) is 9.47 Å². The Morgan fingerprint density at radius 2 is 1.00 bits per heavy atom. The van der Waals surface area contributed by atoms with Gasteiger partial charge in [-0.2, -0.15) is 0 Å². The maximum atomic E-state index is 10.8. The van der Waals surface area contributed by atoms with E-state index in [0.717, 1.165) is 45.9 Å².